The van der Waals surface area contributed by atoms with E-state index in [0.29, 0.717) is 0 Å². The van der Waals surface area contributed by atoms with Gasteiger partial charge >= 0.3 is 0 Å². The van der Waals surface area contributed by atoms with E-state index in [4.69, 9.17) is 0 Å². The molecule has 0 unspecified atom stereocenters. The number of fused-ring (bicyclic) bond motifs is 1. The van der Waals surface area contributed by atoms with Crippen LogP contribution in [0.25, 0.3) is 0 Å². The van der Waals surface area contributed by atoms with E-state index in [1.54, 1.807) is 6.20 Å². The van der Waals surface area contributed by atoms with Crippen molar-refractivity contribution in [1.82, 2.24) is 15.3 Å². The zero-order valence-corrected chi connectivity index (χ0v) is 9.86. The van der Waals surface area contributed by atoms with E-state index in [9.17, 15) is 8.42 Å². The first-order valence-electron chi connectivity index (χ1n) is 4.33. The molecule has 0 bridgehead atoms. The second-order valence-electron chi connectivity index (χ2n) is 3.32. The maximum Gasteiger partial charge on any atom is 0.246 e. The Hall–Kier alpha value is -0.720. The topological polar surface area (TPSA) is 72.0 Å². The average molecular weight is 250 g/mol. The fraction of sp³-hybridized carbons (Fsp3) is 0.500. The van der Waals surface area contributed by atoms with Gasteiger partial charge in [0, 0.05) is 37.5 Å². The van der Waals surface area contributed by atoms with Crippen molar-refractivity contribution < 1.29 is 8.42 Å². The van der Waals surface area contributed by atoms with Crippen LogP contribution in [0.5, 0.6) is 0 Å². The molecule has 1 N–H and O–H groups in total. The lowest BCUT2D eigenvalue weighted by Gasteiger charge is -2.15. The van der Waals surface area contributed by atoms with Gasteiger partial charge < -0.3 is 5.32 Å². The number of rotatable bonds is 1. The van der Waals surface area contributed by atoms with Gasteiger partial charge in [-0.2, -0.15) is 0 Å². The van der Waals surface area contributed by atoms with Crippen molar-refractivity contribution in [2.45, 2.75) is 18.1 Å². The van der Waals surface area contributed by atoms with Crippen LogP contribution >= 0.6 is 12.4 Å². The molecule has 1 aliphatic heterocycles. The quantitative estimate of drug-likeness (QED) is 0.707. The largest absolute Gasteiger partial charge is 0.312 e. The number of halogens is 1. The summed E-state index contributed by atoms with van der Waals surface area (Å²) in [6.45, 7) is 1.56. The molecule has 0 radical (unpaired) electrons. The van der Waals surface area contributed by atoms with Crippen LogP contribution in [-0.4, -0.2) is 31.2 Å². The molecule has 2 heterocycles. The first-order valence-corrected chi connectivity index (χ1v) is 6.22. The molecule has 0 amide bonds. The smallest absolute Gasteiger partial charge is 0.246 e. The lowest BCUT2D eigenvalue weighted by atomic mass is 10.1. The second-order valence-corrected chi connectivity index (χ2v) is 5.23. The van der Waals surface area contributed by atoms with Crippen molar-refractivity contribution in [1.29, 1.82) is 0 Å². The summed E-state index contributed by atoms with van der Waals surface area (Å²) in [6.07, 6.45) is 3.47. The van der Waals surface area contributed by atoms with Gasteiger partial charge in [-0.05, 0) is 0 Å². The van der Waals surface area contributed by atoms with E-state index in [2.05, 4.69) is 15.3 Å². The zero-order chi connectivity index (χ0) is 10.2. The lowest BCUT2D eigenvalue weighted by Crippen LogP contribution is -2.25. The Labute approximate surface area is 94.7 Å². The van der Waals surface area contributed by atoms with Crippen molar-refractivity contribution in [3.63, 3.8) is 0 Å². The predicted molar refractivity (Wildman–Crippen MR) is 57.8 cm³/mol. The van der Waals surface area contributed by atoms with Crippen LogP contribution in [0.2, 0.25) is 0 Å². The number of aromatic nitrogens is 2. The zero-order valence-electron chi connectivity index (χ0n) is 8.23. The highest BCUT2D eigenvalue weighted by atomic mass is 35.5. The summed E-state index contributed by atoms with van der Waals surface area (Å²) in [6, 6.07) is 0. The van der Waals surface area contributed by atoms with E-state index in [0.717, 1.165) is 37.0 Å². The fourth-order valence-electron chi connectivity index (χ4n) is 1.40. The van der Waals surface area contributed by atoms with Gasteiger partial charge in [0.05, 0.1) is 5.69 Å². The molecule has 1 aromatic rings. The summed E-state index contributed by atoms with van der Waals surface area (Å²) in [4.78, 5) is 7.87. The highest BCUT2D eigenvalue weighted by Crippen LogP contribution is 2.12. The van der Waals surface area contributed by atoms with Crippen LogP contribution in [0.3, 0.4) is 0 Å². The van der Waals surface area contributed by atoms with Crippen LogP contribution in [0.1, 0.15) is 11.3 Å². The van der Waals surface area contributed by atoms with Crippen LogP contribution in [0.15, 0.2) is 11.4 Å². The minimum absolute atomic E-state index is 0. The molecule has 1 aliphatic rings. The van der Waals surface area contributed by atoms with Gasteiger partial charge in [-0.3, -0.25) is 0 Å². The number of nitrogens with one attached hydrogen (secondary N) is 1. The summed E-state index contributed by atoms with van der Waals surface area (Å²) in [5, 5.41) is 3.10. The molecule has 15 heavy (non-hydrogen) atoms. The Bertz CT molecular complexity index is 461. The molecule has 0 saturated carbocycles. The van der Waals surface area contributed by atoms with Crippen LogP contribution in [0, 0.1) is 0 Å². The predicted octanol–water partition coefficient (Wildman–Crippen LogP) is -0.0524. The standard InChI is InChI=1S/C8H11N3O2S.ClH/c1-14(12,13)8-10-5-6-4-9-3-2-7(6)11-8;/h5,9H,2-4H2,1H3;1H. The van der Waals surface area contributed by atoms with E-state index in [1.807, 2.05) is 0 Å². The molecule has 1 aromatic heterocycles. The summed E-state index contributed by atoms with van der Waals surface area (Å²) in [7, 11) is -3.28. The van der Waals surface area contributed by atoms with Gasteiger partial charge in [-0.1, -0.05) is 0 Å². The molecule has 0 saturated heterocycles. The van der Waals surface area contributed by atoms with E-state index >= 15 is 0 Å². The molecule has 0 spiro atoms. The van der Waals surface area contributed by atoms with Gasteiger partial charge in [-0.15, -0.1) is 12.4 Å². The Morgan fingerprint density at radius 3 is 2.87 bits per heavy atom. The summed E-state index contributed by atoms with van der Waals surface area (Å²) >= 11 is 0. The molecule has 0 aliphatic carbocycles. The molecule has 0 atom stereocenters. The third kappa shape index (κ3) is 2.64. The van der Waals surface area contributed by atoms with Gasteiger partial charge in [0.1, 0.15) is 0 Å². The molecular formula is C8H12ClN3O2S. The molecule has 7 heteroatoms. The Morgan fingerprint density at radius 2 is 2.20 bits per heavy atom. The van der Waals surface area contributed by atoms with Gasteiger partial charge in [0.25, 0.3) is 0 Å². The minimum Gasteiger partial charge on any atom is -0.312 e. The van der Waals surface area contributed by atoms with Gasteiger partial charge in [-0.25, -0.2) is 18.4 Å². The highest BCUT2D eigenvalue weighted by molar-refractivity contribution is 7.90. The Kier molecular flexibility index (Phi) is 3.64. The summed E-state index contributed by atoms with van der Waals surface area (Å²) in [5.74, 6) is 0. The number of nitrogens with zero attached hydrogens (tertiary/aromatic N) is 2. The first-order chi connectivity index (χ1) is 6.57. The van der Waals surface area contributed by atoms with Crippen LogP contribution in [-0.2, 0) is 22.8 Å². The maximum atomic E-state index is 11.2. The molecule has 84 valence electrons. The van der Waals surface area contributed by atoms with Crippen molar-refractivity contribution in [3.8, 4) is 0 Å². The average Bonchev–Trinajstić information content (AvgIpc) is 2.16. The third-order valence-electron chi connectivity index (χ3n) is 2.12. The normalized spacial score (nSPS) is 15.3. The second kappa shape index (κ2) is 4.42. The van der Waals surface area contributed by atoms with E-state index in [1.165, 1.54) is 0 Å². The van der Waals surface area contributed by atoms with Crippen molar-refractivity contribution in [3.05, 3.63) is 17.5 Å². The van der Waals surface area contributed by atoms with E-state index in [-0.39, 0.29) is 17.6 Å². The summed E-state index contributed by atoms with van der Waals surface area (Å²) < 4.78 is 22.4. The van der Waals surface area contributed by atoms with Crippen LogP contribution < -0.4 is 5.32 Å². The molecule has 5 nitrogen and oxygen atoms in total. The fourth-order valence-corrected chi connectivity index (χ4v) is 1.92. The number of sulfone groups is 1. The van der Waals surface area contributed by atoms with Gasteiger partial charge in [0.2, 0.25) is 15.0 Å². The lowest BCUT2D eigenvalue weighted by molar-refractivity contribution is 0.581. The highest BCUT2D eigenvalue weighted by Gasteiger charge is 2.16. The molecule has 0 aromatic carbocycles. The van der Waals surface area contributed by atoms with Crippen molar-refractivity contribution in [2.24, 2.45) is 0 Å². The third-order valence-corrected chi connectivity index (χ3v) is 2.98. The van der Waals surface area contributed by atoms with Crippen molar-refractivity contribution >= 4 is 22.2 Å². The van der Waals surface area contributed by atoms with E-state index < -0.39 is 9.84 Å². The summed E-state index contributed by atoms with van der Waals surface area (Å²) in [5.41, 5.74) is 1.84. The Balaban J connectivity index is 0.00000112. The maximum absolute atomic E-state index is 11.2. The Morgan fingerprint density at radius 1 is 1.47 bits per heavy atom. The van der Waals surface area contributed by atoms with Crippen LogP contribution in [0.4, 0.5) is 0 Å². The molecule has 2 rings (SSSR count). The molecule has 0 fully saturated rings. The molecular weight excluding hydrogens is 238 g/mol. The number of hydrogen-bond acceptors (Lipinski definition) is 5. The minimum atomic E-state index is -3.28. The van der Waals surface area contributed by atoms with Gasteiger partial charge in [0.15, 0.2) is 0 Å². The first kappa shape index (κ1) is 12.4. The SMILES string of the molecule is CS(=O)(=O)c1ncc2c(n1)CCNC2.Cl. The number of hydrogen-bond donors (Lipinski definition) is 1. The monoisotopic (exact) mass is 249 g/mol. The van der Waals surface area contributed by atoms with Crippen molar-refractivity contribution in [2.75, 3.05) is 12.8 Å².